The zero-order valence-electron chi connectivity index (χ0n) is 11.1. The van der Waals surface area contributed by atoms with Crippen LogP contribution in [0.4, 0.5) is 0 Å². The largest absolute Gasteiger partial charge is 0.310 e. The molecule has 0 aliphatic heterocycles. The van der Waals surface area contributed by atoms with Crippen molar-refractivity contribution in [2.75, 3.05) is 6.54 Å². The summed E-state index contributed by atoms with van der Waals surface area (Å²) < 4.78 is 1.12. The van der Waals surface area contributed by atoms with Crippen LogP contribution in [0.5, 0.6) is 0 Å². The number of nitrogens with zero attached hydrogens (tertiary/aromatic N) is 1. The zero-order chi connectivity index (χ0) is 13.5. The number of nitrogens with one attached hydrogen (secondary N) is 1. The van der Waals surface area contributed by atoms with Crippen LogP contribution in [-0.4, -0.2) is 11.5 Å². The minimum atomic E-state index is 0.312. The van der Waals surface area contributed by atoms with Gasteiger partial charge in [-0.25, -0.2) is 0 Å². The Morgan fingerprint density at radius 3 is 2.79 bits per heavy atom. The monoisotopic (exact) mass is 318 g/mol. The molecule has 1 aromatic carbocycles. The molecule has 0 spiro atoms. The average molecular weight is 319 g/mol. The predicted octanol–water partition coefficient (Wildman–Crippen LogP) is 4.13. The van der Waals surface area contributed by atoms with E-state index in [9.17, 15) is 0 Å². The van der Waals surface area contributed by atoms with Crippen molar-refractivity contribution in [3.05, 3.63) is 64.4 Å². The van der Waals surface area contributed by atoms with Gasteiger partial charge in [-0.2, -0.15) is 0 Å². The van der Waals surface area contributed by atoms with Crippen molar-refractivity contribution >= 4 is 15.9 Å². The summed E-state index contributed by atoms with van der Waals surface area (Å²) in [6.45, 7) is 3.20. The van der Waals surface area contributed by atoms with Crippen molar-refractivity contribution in [1.82, 2.24) is 10.3 Å². The lowest BCUT2D eigenvalue weighted by Gasteiger charge is -2.19. The lowest BCUT2D eigenvalue weighted by atomic mass is 10.0. The van der Waals surface area contributed by atoms with E-state index < -0.39 is 0 Å². The number of benzene rings is 1. The maximum Gasteiger partial charge on any atom is 0.0422 e. The van der Waals surface area contributed by atoms with Crippen LogP contribution in [0.2, 0.25) is 0 Å². The van der Waals surface area contributed by atoms with E-state index in [2.05, 4.69) is 63.5 Å². The molecule has 0 saturated heterocycles. The molecule has 1 unspecified atom stereocenters. The summed E-state index contributed by atoms with van der Waals surface area (Å²) in [6, 6.07) is 14.9. The van der Waals surface area contributed by atoms with Crippen LogP contribution in [0.15, 0.2) is 53.1 Å². The maximum atomic E-state index is 4.42. The van der Waals surface area contributed by atoms with Gasteiger partial charge < -0.3 is 5.32 Å². The standard InChI is InChI=1S/C16H19BrN2/c1-2-9-19-16(12-15-8-3-4-10-18-15)13-6-5-7-14(17)11-13/h3-8,10-11,16,19H,2,9,12H2,1H3. The van der Waals surface area contributed by atoms with Gasteiger partial charge in [0.05, 0.1) is 0 Å². The molecule has 2 aromatic rings. The van der Waals surface area contributed by atoms with E-state index >= 15 is 0 Å². The molecule has 3 heteroatoms. The fourth-order valence-corrected chi connectivity index (χ4v) is 2.49. The fourth-order valence-electron chi connectivity index (χ4n) is 2.08. The summed E-state index contributed by atoms with van der Waals surface area (Å²) >= 11 is 3.54. The van der Waals surface area contributed by atoms with Gasteiger partial charge in [0, 0.05) is 28.8 Å². The van der Waals surface area contributed by atoms with Crippen molar-refractivity contribution in [2.24, 2.45) is 0 Å². The molecule has 0 aliphatic carbocycles. The number of hydrogen-bond donors (Lipinski definition) is 1. The highest BCUT2D eigenvalue weighted by Crippen LogP contribution is 2.21. The number of hydrogen-bond acceptors (Lipinski definition) is 2. The molecule has 1 aromatic heterocycles. The van der Waals surface area contributed by atoms with Crippen molar-refractivity contribution < 1.29 is 0 Å². The summed E-state index contributed by atoms with van der Waals surface area (Å²) in [5, 5.41) is 3.60. The van der Waals surface area contributed by atoms with Crippen LogP contribution in [0.3, 0.4) is 0 Å². The van der Waals surface area contributed by atoms with Crippen molar-refractivity contribution in [3.8, 4) is 0 Å². The third-order valence-corrected chi connectivity index (χ3v) is 3.52. The van der Waals surface area contributed by atoms with Crippen molar-refractivity contribution in [1.29, 1.82) is 0 Å². The van der Waals surface area contributed by atoms with Crippen molar-refractivity contribution in [2.45, 2.75) is 25.8 Å². The van der Waals surface area contributed by atoms with E-state index in [1.807, 2.05) is 18.3 Å². The third kappa shape index (κ3) is 4.44. The van der Waals surface area contributed by atoms with E-state index in [0.29, 0.717) is 6.04 Å². The summed E-state index contributed by atoms with van der Waals surface area (Å²) in [5.74, 6) is 0. The molecular formula is C16H19BrN2. The van der Waals surface area contributed by atoms with Crippen molar-refractivity contribution in [3.63, 3.8) is 0 Å². The summed E-state index contributed by atoms with van der Waals surface area (Å²) in [6.07, 6.45) is 3.90. The second kappa shape index (κ2) is 7.41. The van der Waals surface area contributed by atoms with E-state index in [-0.39, 0.29) is 0 Å². The third-order valence-electron chi connectivity index (χ3n) is 3.03. The first kappa shape index (κ1) is 14.2. The van der Waals surface area contributed by atoms with E-state index in [4.69, 9.17) is 0 Å². The highest BCUT2D eigenvalue weighted by molar-refractivity contribution is 9.10. The highest BCUT2D eigenvalue weighted by Gasteiger charge is 2.12. The molecule has 0 radical (unpaired) electrons. The average Bonchev–Trinajstić information content (AvgIpc) is 2.44. The molecule has 0 fully saturated rings. The van der Waals surface area contributed by atoms with Crippen LogP contribution in [0, 0.1) is 0 Å². The van der Waals surface area contributed by atoms with Gasteiger partial charge in [0.15, 0.2) is 0 Å². The Balaban J connectivity index is 2.16. The van der Waals surface area contributed by atoms with Gasteiger partial charge in [-0.15, -0.1) is 0 Å². The molecule has 0 aliphatic rings. The van der Waals surface area contributed by atoms with Crippen LogP contribution in [-0.2, 0) is 6.42 Å². The lowest BCUT2D eigenvalue weighted by Crippen LogP contribution is -2.24. The van der Waals surface area contributed by atoms with E-state index in [0.717, 1.165) is 29.6 Å². The number of rotatable bonds is 6. The van der Waals surface area contributed by atoms with Gasteiger partial charge in [-0.3, -0.25) is 4.98 Å². The molecule has 2 nitrogen and oxygen atoms in total. The Hall–Kier alpha value is -1.19. The van der Waals surface area contributed by atoms with Crippen LogP contribution in [0.25, 0.3) is 0 Å². The Morgan fingerprint density at radius 1 is 1.21 bits per heavy atom. The quantitative estimate of drug-likeness (QED) is 0.866. The maximum absolute atomic E-state index is 4.42. The first-order valence-electron chi connectivity index (χ1n) is 6.68. The van der Waals surface area contributed by atoms with Gasteiger partial charge in [0.25, 0.3) is 0 Å². The fraction of sp³-hybridized carbons (Fsp3) is 0.312. The second-order valence-corrected chi connectivity index (χ2v) is 5.50. The Bertz CT molecular complexity index is 499. The molecule has 1 atom stereocenters. The first-order chi connectivity index (χ1) is 9.29. The van der Waals surface area contributed by atoms with Gasteiger partial charge in [-0.05, 0) is 42.8 Å². The Kier molecular flexibility index (Phi) is 5.55. The summed E-state index contributed by atoms with van der Waals surface area (Å²) in [5.41, 5.74) is 2.42. The molecule has 0 amide bonds. The molecule has 100 valence electrons. The smallest absolute Gasteiger partial charge is 0.0422 e. The SMILES string of the molecule is CCCNC(Cc1ccccn1)c1cccc(Br)c1. The molecule has 2 rings (SSSR count). The second-order valence-electron chi connectivity index (χ2n) is 4.59. The van der Waals surface area contributed by atoms with Crippen LogP contribution >= 0.6 is 15.9 Å². The molecule has 1 heterocycles. The summed E-state index contributed by atoms with van der Waals surface area (Å²) in [4.78, 5) is 4.42. The topological polar surface area (TPSA) is 24.9 Å². The molecule has 0 bridgehead atoms. The minimum absolute atomic E-state index is 0.312. The van der Waals surface area contributed by atoms with Crippen LogP contribution in [0.1, 0.15) is 30.6 Å². The van der Waals surface area contributed by atoms with E-state index in [1.54, 1.807) is 0 Å². The zero-order valence-corrected chi connectivity index (χ0v) is 12.7. The highest BCUT2D eigenvalue weighted by atomic mass is 79.9. The first-order valence-corrected chi connectivity index (χ1v) is 7.47. The summed E-state index contributed by atoms with van der Waals surface area (Å²) in [7, 11) is 0. The molecule has 19 heavy (non-hydrogen) atoms. The Labute approximate surface area is 123 Å². The molecule has 1 N–H and O–H groups in total. The number of aromatic nitrogens is 1. The molecule has 0 saturated carbocycles. The lowest BCUT2D eigenvalue weighted by molar-refractivity contribution is 0.524. The van der Waals surface area contributed by atoms with Gasteiger partial charge >= 0.3 is 0 Å². The molecular weight excluding hydrogens is 300 g/mol. The normalized spacial score (nSPS) is 12.3. The van der Waals surface area contributed by atoms with E-state index in [1.165, 1.54) is 5.56 Å². The van der Waals surface area contributed by atoms with Crippen LogP contribution < -0.4 is 5.32 Å². The van der Waals surface area contributed by atoms with Gasteiger partial charge in [-0.1, -0.05) is 41.1 Å². The number of halogens is 1. The minimum Gasteiger partial charge on any atom is -0.310 e. The van der Waals surface area contributed by atoms with Gasteiger partial charge in [0.1, 0.15) is 0 Å². The van der Waals surface area contributed by atoms with Gasteiger partial charge in [0.2, 0.25) is 0 Å². The Morgan fingerprint density at radius 2 is 2.11 bits per heavy atom. The number of pyridine rings is 1. The predicted molar refractivity (Wildman–Crippen MR) is 83.1 cm³/mol.